The van der Waals surface area contributed by atoms with Crippen molar-refractivity contribution < 1.29 is 42.7 Å². The maximum atomic E-state index is 11.1. The lowest BCUT2D eigenvalue weighted by Gasteiger charge is -2.47. The molecule has 106 valence electrons. The van der Waals surface area contributed by atoms with Gasteiger partial charge in [-0.15, -0.1) is 0 Å². The van der Waals surface area contributed by atoms with Crippen LogP contribution in [-0.2, 0) is 14.3 Å². The van der Waals surface area contributed by atoms with Crippen molar-refractivity contribution in [2.45, 2.75) is 51.4 Å². The number of hydrogen-bond acceptors (Lipinski definition) is 3. The number of piperidine rings is 1. The van der Waals surface area contributed by atoms with Crippen LogP contribution in [0.2, 0.25) is 0 Å². The molecular weight excluding hydrogens is 345 g/mol. The minimum absolute atomic E-state index is 0. The molecule has 2 aliphatic rings. The largest absolute Gasteiger partial charge is 1.00 e. The van der Waals surface area contributed by atoms with Gasteiger partial charge in [0.25, 0.3) is 6.29 Å². The minimum atomic E-state index is -0.329. The Morgan fingerprint density at radius 3 is 2.50 bits per heavy atom. The normalized spacial score (nSPS) is 31.2. The number of carbonyl (C=O) groups is 1. The van der Waals surface area contributed by atoms with Crippen molar-refractivity contribution in [1.82, 2.24) is 0 Å². The van der Waals surface area contributed by atoms with Crippen molar-refractivity contribution in [3.05, 3.63) is 0 Å². The van der Waals surface area contributed by atoms with E-state index in [0.29, 0.717) is 12.6 Å². The topological polar surface area (TPSA) is 35.5 Å². The second-order valence-electron chi connectivity index (χ2n) is 5.55. The van der Waals surface area contributed by atoms with E-state index < -0.39 is 0 Å². The van der Waals surface area contributed by atoms with Crippen LogP contribution in [0.5, 0.6) is 0 Å². The fraction of sp³-hybridized carbons (Fsp3) is 0.923. The summed E-state index contributed by atoms with van der Waals surface area (Å²) in [6.07, 6.45) is 5.74. The van der Waals surface area contributed by atoms with Gasteiger partial charge in [-0.05, 0) is 25.7 Å². The molecular formula is C13H24INO3. The summed E-state index contributed by atoms with van der Waals surface area (Å²) in [6.45, 7) is 4.55. The first kappa shape index (κ1) is 16.2. The van der Waals surface area contributed by atoms with Crippen LogP contribution in [0.15, 0.2) is 0 Å². The predicted octanol–water partition coefficient (Wildman–Crippen LogP) is -1.31. The standard InChI is InChI=1S/C13H24NO3.HI/c1-11(15)17-13-12(7-6-10-16-13)14(2)8-4-3-5-9-14;/h12-13H,3-10H2,1-2H3;1H/q+1;/p-1. The van der Waals surface area contributed by atoms with Gasteiger partial charge in [-0.25, -0.2) is 0 Å². The van der Waals surface area contributed by atoms with Gasteiger partial charge in [0.05, 0.1) is 26.7 Å². The fourth-order valence-corrected chi connectivity index (χ4v) is 3.19. The first-order chi connectivity index (χ1) is 8.12. The fourth-order valence-electron chi connectivity index (χ4n) is 3.19. The molecule has 2 aliphatic heterocycles. The van der Waals surface area contributed by atoms with Crippen LogP contribution < -0.4 is 24.0 Å². The van der Waals surface area contributed by atoms with Gasteiger partial charge < -0.3 is 37.9 Å². The number of esters is 1. The Balaban J connectivity index is 0.00000162. The van der Waals surface area contributed by atoms with E-state index in [9.17, 15) is 4.79 Å². The van der Waals surface area contributed by atoms with E-state index in [1.807, 2.05) is 0 Å². The number of likely N-dealkylation sites (N-methyl/N-ethyl adjacent to an activating group) is 1. The number of halogens is 1. The summed E-state index contributed by atoms with van der Waals surface area (Å²) in [7, 11) is 2.29. The van der Waals surface area contributed by atoms with Crippen molar-refractivity contribution in [3.8, 4) is 0 Å². The van der Waals surface area contributed by atoms with Crippen LogP contribution in [0.25, 0.3) is 0 Å². The van der Waals surface area contributed by atoms with E-state index in [1.54, 1.807) is 0 Å². The first-order valence-corrected chi connectivity index (χ1v) is 6.75. The maximum absolute atomic E-state index is 11.1. The zero-order chi connectivity index (χ0) is 12.3. The van der Waals surface area contributed by atoms with Crippen molar-refractivity contribution in [2.24, 2.45) is 0 Å². The second kappa shape index (κ2) is 7.05. The SMILES string of the molecule is CC(=O)OC1OCCCC1[N+]1(C)CCCCC1.[I-]. The van der Waals surface area contributed by atoms with Gasteiger partial charge in [0.15, 0.2) is 6.04 Å². The van der Waals surface area contributed by atoms with Gasteiger partial charge in [-0.2, -0.15) is 0 Å². The molecule has 5 heteroatoms. The third-order valence-electron chi connectivity index (χ3n) is 4.16. The highest BCUT2D eigenvalue weighted by molar-refractivity contribution is 5.66. The third-order valence-corrected chi connectivity index (χ3v) is 4.16. The smallest absolute Gasteiger partial charge is 0.305 e. The third kappa shape index (κ3) is 3.81. The van der Waals surface area contributed by atoms with E-state index in [4.69, 9.17) is 9.47 Å². The van der Waals surface area contributed by atoms with Crippen molar-refractivity contribution in [1.29, 1.82) is 0 Å². The highest BCUT2D eigenvalue weighted by Gasteiger charge is 2.43. The molecule has 4 nitrogen and oxygen atoms in total. The molecule has 0 radical (unpaired) electrons. The molecule has 2 heterocycles. The average Bonchev–Trinajstić information content (AvgIpc) is 2.30. The molecule has 2 atom stereocenters. The van der Waals surface area contributed by atoms with Crippen molar-refractivity contribution >= 4 is 5.97 Å². The van der Waals surface area contributed by atoms with Gasteiger partial charge in [-0.3, -0.25) is 4.79 Å². The molecule has 2 fully saturated rings. The summed E-state index contributed by atoms with van der Waals surface area (Å²) in [5.74, 6) is -0.231. The average molecular weight is 369 g/mol. The van der Waals surface area contributed by atoms with Crippen LogP contribution in [0.1, 0.15) is 39.0 Å². The molecule has 18 heavy (non-hydrogen) atoms. The zero-order valence-corrected chi connectivity index (χ0v) is 13.5. The minimum Gasteiger partial charge on any atom is -1.00 e. The molecule has 2 rings (SSSR count). The van der Waals surface area contributed by atoms with Crippen LogP contribution >= 0.6 is 0 Å². The Labute approximate surface area is 127 Å². The molecule has 0 aliphatic carbocycles. The summed E-state index contributed by atoms with van der Waals surface area (Å²) >= 11 is 0. The molecule has 0 bridgehead atoms. The Morgan fingerprint density at radius 1 is 1.22 bits per heavy atom. The molecule has 0 spiro atoms. The van der Waals surface area contributed by atoms with E-state index in [-0.39, 0.29) is 36.2 Å². The summed E-state index contributed by atoms with van der Waals surface area (Å²) in [5.41, 5.74) is 0. The van der Waals surface area contributed by atoms with Crippen molar-refractivity contribution in [3.63, 3.8) is 0 Å². The predicted molar refractivity (Wildman–Crippen MR) is 64.3 cm³/mol. The van der Waals surface area contributed by atoms with Crippen LogP contribution in [0.4, 0.5) is 0 Å². The van der Waals surface area contributed by atoms with Gasteiger partial charge in [-0.1, -0.05) is 0 Å². The lowest BCUT2D eigenvalue weighted by Crippen LogP contribution is -3.00. The number of quaternary nitrogens is 1. The summed E-state index contributed by atoms with van der Waals surface area (Å²) < 4.78 is 12.0. The van der Waals surface area contributed by atoms with E-state index in [1.165, 1.54) is 39.3 Å². The maximum Gasteiger partial charge on any atom is 0.305 e. The van der Waals surface area contributed by atoms with E-state index in [2.05, 4.69) is 7.05 Å². The number of rotatable bonds is 2. The molecule has 0 N–H and O–H groups in total. The molecule has 0 saturated carbocycles. The Bertz CT molecular complexity index is 279. The number of hydrogen-bond donors (Lipinski definition) is 0. The first-order valence-electron chi connectivity index (χ1n) is 6.75. The lowest BCUT2D eigenvalue weighted by molar-refractivity contribution is -0.945. The van der Waals surface area contributed by atoms with Gasteiger partial charge >= 0.3 is 5.97 Å². The van der Waals surface area contributed by atoms with Gasteiger partial charge in [0.1, 0.15) is 0 Å². The molecule has 0 aromatic carbocycles. The summed E-state index contributed by atoms with van der Waals surface area (Å²) in [4.78, 5) is 11.1. The van der Waals surface area contributed by atoms with Crippen LogP contribution in [0.3, 0.4) is 0 Å². The number of nitrogens with zero attached hydrogens (tertiary/aromatic N) is 1. The quantitative estimate of drug-likeness (QED) is 0.345. The molecule has 2 saturated heterocycles. The number of likely N-dealkylation sites (tertiary alicyclic amines) is 1. The second-order valence-corrected chi connectivity index (χ2v) is 5.55. The molecule has 0 aromatic heterocycles. The zero-order valence-electron chi connectivity index (χ0n) is 11.4. The highest BCUT2D eigenvalue weighted by Crippen LogP contribution is 2.29. The molecule has 0 aromatic rings. The highest BCUT2D eigenvalue weighted by atomic mass is 127. The monoisotopic (exact) mass is 369 g/mol. The number of carbonyl (C=O) groups excluding carboxylic acids is 1. The van der Waals surface area contributed by atoms with E-state index >= 15 is 0 Å². The Morgan fingerprint density at radius 2 is 1.89 bits per heavy atom. The summed E-state index contributed by atoms with van der Waals surface area (Å²) in [6, 6.07) is 0.327. The lowest BCUT2D eigenvalue weighted by atomic mass is 9.99. The summed E-state index contributed by atoms with van der Waals surface area (Å²) in [5, 5.41) is 0. The molecule has 2 unspecified atom stereocenters. The van der Waals surface area contributed by atoms with Crippen LogP contribution in [-0.4, -0.2) is 49.5 Å². The van der Waals surface area contributed by atoms with Gasteiger partial charge in [0.2, 0.25) is 0 Å². The van der Waals surface area contributed by atoms with E-state index in [0.717, 1.165) is 17.3 Å². The van der Waals surface area contributed by atoms with Gasteiger partial charge in [0, 0.05) is 13.3 Å². The molecule has 0 amide bonds. The Hall–Kier alpha value is 0.120. The van der Waals surface area contributed by atoms with Crippen molar-refractivity contribution in [2.75, 3.05) is 26.7 Å². The van der Waals surface area contributed by atoms with Crippen LogP contribution in [0, 0.1) is 0 Å². The number of ether oxygens (including phenoxy) is 2. The Kier molecular flexibility index (Phi) is 6.34.